The second kappa shape index (κ2) is 8.52. The Hall–Kier alpha value is -2.10. The quantitative estimate of drug-likeness (QED) is 0.680. The molecule has 1 saturated heterocycles. The third-order valence-electron chi connectivity index (χ3n) is 4.31. The van der Waals surface area contributed by atoms with E-state index in [1.807, 2.05) is 0 Å². The molecule has 0 spiro atoms. The number of nitrogens with zero attached hydrogens (tertiary/aromatic N) is 3. The van der Waals surface area contributed by atoms with Crippen molar-refractivity contribution in [2.45, 2.75) is 18.9 Å². The van der Waals surface area contributed by atoms with Crippen molar-refractivity contribution in [3.8, 4) is 11.5 Å². The Morgan fingerprint density at radius 3 is 2.62 bits per heavy atom. The predicted molar refractivity (Wildman–Crippen MR) is 107 cm³/mol. The summed E-state index contributed by atoms with van der Waals surface area (Å²) < 4.78 is 11.4. The van der Waals surface area contributed by atoms with E-state index in [1.54, 1.807) is 44.8 Å². The first-order valence-electron chi connectivity index (χ1n) is 8.36. The van der Waals surface area contributed by atoms with Gasteiger partial charge in [-0.2, -0.15) is 0 Å². The third kappa shape index (κ3) is 4.17. The summed E-state index contributed by atoms with van der Waals surface area (Å²) in [6.45, 7) is 1.59. The highest BCUT2D eigenvalue weighted by Gasteiger charge is 2.24. The number of hydrogen-bond donors (Lipinski definition) is 1. The summed E-state index contributed by atoms with van der Waals surface area (Å²) in [5.74, 6) is 1.74. The number of carbonyl (C=O) groups is 1. The van der Waals surface area contributed by atoms with Crippen molar-refractivity contribution >= 4 is 34.4 Å². The van der Waals surface area contributed by atoms with E-state index in [9.17, 15) is 4.79 Å². The Morgan fingerprint density at radius 2 is 1.92 bits per heavy atom. The van der Waals surface area contributed by atoms with Gasteiger partial charge in [-0.3, -0.25) is 4.79 Å². The summed E-state index contributed by atoms with van der Waals surface area (Å²) in [7, 11) is 3.14. The van der Waals surface area contributed by atoms with Crippen LogP contribution in [-0.2, 0) is 0 Å². The lowest BCUT2D eigenvalue weighted by molar-refractivity contribution is 0.0931. The first-order valence-corrected chi connectivity index (χ1v) is 9.44. The predicted octanol–water partition coefficient (Wildman–Crippen LogP) is 2.50. The fourth-order valence-electron chi connectivity index (χ4n) is 3.02. The SMILES string of the molecule is COc1cc(I)c(C(=O)NC2CCCN(c3ncccn3)C2)cc1OC. The molecular weight excluding hydrogens is 447 g/mol. The third-order valence-corrected chi connectivity index (χ3v) is 5.20. The largest absolute Gasteiger partial charge is 0.493 e. The number of rotatable bonds is 5. The zero-order chi connectivity index (χ0) is 18.5. The average molecular weight is 468 g/mol. The van der Waals surface area contributed by atoms with Gasteiger partial charge in [0, 0.05) is 35.1 Å². The molecule has 1 atom stereocenters. The van der Waals surface area contributed by atoms with E-state index in [0.717, 1.165) is 23.0 Å². The lowest BCUT2D eigenvalue weighted by Gasteiger charge is -2.33. The van der Waals surface area contributed by atoms with Crippen molar-refractivity contribution in [2.75, 3.05) is 32.2 Å². The second-order valence-corrected chi connectivity index (χ2v) is 7.16. The topological polar surface area (TPSA) is 76.6 Å². The Bertz CT molecular complexity index is 773. The summed E-state index contributed by atoms with van der Waals surface area (Å²) in [5, 5.41) is 3.13. The van der Waals surface area contributed by atoms with Gasteiger partial charge in [-0.15, -0.1) is 0 Å². The molecule has 1 N–H and O–H groups in total. The fraction of sp³-hybridized carbons (Fsp3) is 0.389. The second-order valence-electron chi connectivity index (χ2n) is 5.99. The molecule has 1 aliphatic heterocycles. The number of methoxy groups -OCH3 is 2. The highest BCUT2D eigenvalue weighted by molar-refractivity contribution is 14.1. The Labute approximate surface area is 166 Å². The molecule has 7 nitrogen and oxygen atoms in total. The van der Waals surface area contributed by atoms with Crippen molar-refractivity contribution in [2.24, 2.45) is 0 Å². The fourth-order valence-corrected chi connectivity index (χ4v) is 3.71. The molecule has 8 heteroatoms. The van der Waals surface area contributed by atoms with Gasteiger partial charge in [-0.05, 0) is 53.6 Å². The lowest BCUT2D eigenvalue weighted by Crippen LogP contribution is -2.48. The van der Waals surface area contributed by atoms with Crippen molar-refractivity contribution in [3.63, 3.8) is 0 Å². The number of benzene rings is 1. The molecule has 1 unspecified atom stereocenters. The molecule has 0 bridgehead atoms. The van der Waals surface area contributed by atoms with Gasteiger partial charge in [0.05, 0.1) is 19.8 Å². The highest BCUT2D eigenvalue weighted by atomic mass is 127. The molecular formula is C18H21IN4O3. The van der Waals surface area contributed by atoms with Crippen LogP contribution in [0.4, 0.5) is 5.95 Å². The number of carbonyl (C=O) groups excluding carboxylic acids is 1. The van der Waals surface area contributed by atoms with E-state index in [1.165, 1.54) is 0 Å². The van der Waals surface area contributed by atoms with Crippen molar-refractivity contribution in [3.05, 3.63) is 39.7 Å². The number of amides is 1. The number of halogens is 1. The average Bonchev–Trinajstić information content (AvgIpc) is 2.68. The maximum Gasteiger partial charge on any atom is 0.252 e. The van der Waals surface area contributed by atoms with E-state index in [-0.39, 0.29) is 11.9 Å². The maximum absolute atomic E-state index is 12.8. The van der Waals surface area contributed by atoms with Gasteiger partial charge in [0.1, 0.15) is 0 Å². The van der Waals surface area contributed by atoms with E-state index < -0.39 is 0 Å². The summed E-state index contributed by atoms with van der Waals surface area (Å²) in [5.41, 5.74) is 0.580. The van der Waals surface area contributed by atoms with Crippen LogP contribution in [0.2, 0.25) is 0 Å². The Balaban J connectivity index is 1.71. The van der Waals surface area contributed by atoms with Crippen LogP contribution >= 0.6 is 22.6 Å². The van der Waals surface area contributed by atoms with Gasteiger partial charge in [-0.25, -0.2) is 9.97 Å². The van der Waals surface area contributed by atoms with Crippen LogP contribution in [0.1, 0.15) is 23.2 Å². The number of nitrogens with one attached hydrogen (secondary N) is 1. The monoisotopic (exact) mass is 468 g/mol. The van der Waals surface area contributed by atoms with Gasteiger partial charge < -0.3 is 19.7 Å². The standard InChI is InChI=1S/C18H21IN4O3/c1-25-15-9-13(14(19)10-16(15)26-2)17(24)22-12-5-3-8-23(11-12)18-20-6-4-7-21-18/h4,6-7,9-10,12H,3,5,8,11H2,1-2H3,(H,22,24). The number of piperidine rings is 1. The van der Waals surface area contributed by atoms with Crippen molar-refractivity contribution in [1.82, 2.24) is 15.3 Å². The van der Waals surface area contributed by atoms with Gasteiger partial charge in [0.25, 0.3) is 5.91 Å². The molecule has 1 aromatic carbocycles. The molecule has 0 saturated carbocycles. The number of anilines is 1. The first-order chi connectivity index (χ1) is 12.6. The van der Waals surface area contributed by atoms with E-state index >= 15 is 0 Å². The molecule has 2 aromatic rings. The zero-order valence-corrected chi connectivity index (χ0v) is 16.9. The minimum atomic E-state index is -0.115. The van der Waals surface area contributed by atoms with Crippen LogP contribution in [0.5, 0.6) is 11.5 Å². The number of hydrogen-bond acceptors (Lipinski definition) is 6. The Kier molecular flexibility index (Phi) is 6.12. The molecule has 26 heavy (non-hydrogen) atoms. The van der Waals surface area contributed by atoms with E-state index in [4.69, 9.17) is 9.47 Å². The normalized spacial score (nSPS) is 16.9. The summed E-state index contributed by atoms with van der Waals surface area (Å²) in [6.07, 6.45) is 5.37. The molecule has 0 aliphatic carbocycles. The molecule has 0 radical (unpaired) electrons. The smallest absolute Gasteiger partial charge is 0.252 e. The van der Waals surface area contributed by atoms with Crippen LogP contribution in [-0.4, -0.2) is 49.2 Å². The van der Waals surface area contributed by atoms with E-state index in [2.05, 4.69) is 42.8 Å². The van der Waals surface area contributed by atoms with Crippen molar-refractivity contribution < 1.29 is 14.3 Å². The molecule has 1 aromatic heterocycles. The van der Waals surface area contributed by atoms with Gasteiger partial charge >= 0.3 is 0 Å². The first kappa shape index (κ1) is 18.7. The number of aromatic nitrogens is 2. The molecule has 1 amide bonds. The Morgan fingerprint density at radius 1 is 1.23 bits per heavy atom. The summed E-state index contributed by atoms with van der Waals surface area (Å²) >= 11 is 2.14. The minimum Gasteiger partial charge on any atom is -0.493 e. The van der Waals surface area contributed by atoms with Crippen LogP contribution in [0, 0.1) is 3.57 Å². The zero-order valence-electron chi connectivity index (χ0n) is 14.7. The van der Waals surface area contributed by atoms with Gasteiger partial charge in [0.15, 0.2) is 11.5 Å². The molecule has 3 rings (SSSR count). The van der Waals surface area contributed by atoms with Gasteiger partial charge in [-0.1, -0.05) is 0 Å². The molecule has 138 valence electrons. The molecule has 1 aliphatic rings. The van der Waals surface area contributed by atoms with Crippen LogP contribution in [0.15, 0.2) is 30.6 Å². The lowest BCUT2D eigenvalue weighted by atomic mass is 10.1. The molecule has 1 fully saturated rings. The summed E-state index contributed by atoms with van der Waals surface area (Å²) in [6, 6.07) is 5.37. The van der Waals surface area contributed by atoms with Gasteiger partial charge in [0.2, 0.25) is 5.95 Å². The summed E-state index contributed by atoms with van der Waals surface area (Å²) in [4.78, 5) is 23.5. The van der Waals surface area contributed by atoms with Crippen LogP contribution in [0.25, 0.3) is 0 Å². The van der Waals surface area contributed by atoms with E-state index in [0.29, 0.717) is 29.6 Å². The highest BCUT2D eigenvalue weighted by Crippen LogP contribution is 2.31. The molecule has 2 heterocycles. The van der Waals surface area contributed by atoms with Crippen molar-refractivity contribution in [1.29, 1.82) is 0 Å². The number of ether oxygens (including phenoxy) is 2. The maximum atomic E-state index is 12.8. The van der Waals surface area contributed by atoms with Crippen LogP contribution < -0.4 is 19.7 Å². The minimum absolute atomic E-state index is 0.0453. The van der Waals surface area contributed by atoms with Crippen LogP contribution in [0.3, 0.4) is 0 Å².